The smallest absolute Gasteiger partial charge is 0.366 e. The van der Waals surface area contributed by atoms with Crippen LogP contribution in [0.15, 0.2) is 12.3 Å². The summed E-state index contributed by atoms with van der Waals surface area (Å²) in [5.74, 6) is 1.13. The molecule has 0 spiro atoms. The fourth-order valence-corrected chi connectivity index (χ4v) is 3.12. The summed E-state index contributed by atoms with van der Waals surface area (Å²) in [6, 6.07) is 1.18. The molecule has 0 atom stereocenters. The Balaban J connectivity index is 1.95. The third kappa shape index (κ3) is 4.50. The van der Waals surface area contributed by atoms with E-state index >= 15 is 0 Å². The summed E-state index contributed by atoms with van der Waals surface area (Å²) >= 11 is 5.91. The van der Waals surface area contributed by atoms with Crippen LogP contribution in [0.4, 0.5) is 19.0 Å². The number of pyridine rings is 1. The maximum absolute atomic E-state index is 12.6. The van der Waals surface area contributed by atoms with Crippen LogP contribution in [0.3, 0.4) is 0 Å². The number of nitrogens with zero attached hydrogens (tertiary/aromatic N) is 1. The van der Waals surface area contributed by atoms with E-state index in [1.807, 2.05) is 0 Å². The maximum Gasteiger partial charge on any atom is 0.417 e. The summed E-state index contributed by atoms with van der Waals surface area (Å²) in [5, 5.41) is 3.21. The van der Waals surface area contributed by atoms with Gasteiger partial charge < -0.3 is 5.32 Å². The lowest BCUT2D eigenvalue weighted by molar-refractivity contribution is -0.137. The monoisotopic (exact) mass is 320 g/mol. The Hall–Kier alpha value is -0.970. The van der Waals surface area contributed by atoms with Crippen LogP contribution >= 0.6 is 11.6 Å². The lowest BCUT2D eigenvalue weighted by Crippen LogP contribution is -2.26. The minimum Gasteiger partial charge on any atom is -0.366 e. The Morgan fingerprint density at radius 1 is 1.29 bits per heavy atom. The third-order valence-electron chi connectivity index (χ3n) is 4.05. The fraction of sp³-hybridized carbons (Fsp3) is 0.667. The lowest BCUT2D eigenvalue weighted by atomic mass is 9.83. The van der Waals surface area contributed by atoms with Crippen LogP contribution in [0.2, 0.25) is 5.02 Å². The van der Waals surface area contributed by atoms with Gasteiger partial charge in [0.2, 0.25) is 0 Å². The molecule has 2 rings (SSSR count). The molecule has 0 amide bonds. The molecule has 2 nitrogen and oxygen atoms in total. The Labute approximate surface area is 128 Å². The first-order valence-corrected chi connectivity index (χ1v) is 7.77. The van der Waals surface area contributed by atoms with Crippen LogP contribution in [0, 0.1) is 5.92 Å². The van der Waals surface area contributed by atoms with Gasteiger partial charge in [-0.15, -0.1) is 0 Å². The summed E-state index contributed by atoms with van der Waals surface area (Å²) < 4.78 is 37.7. The van der Waals surface area contributed by atoms with Crippen LogP contribution in [0.5, 0.6) is 0 Å². The van der Waals surface area contributed by atoms with E-state index in [9.17, 15) is 13.2 Å². The van der Waals surface area contributed by atoms with Gasteiger partial charge in [-0.25, -0.2) is 4.98 Å². The van der Waals surface area contributed by atoms with Crippen molar-refractivity contribution in [2.75, 3.05) is 5.32 Å². The van der Waals surface area contributed by atoms with Crippen molar-refractivity contribution in [3.8, 4) is 0 Å². The average Bonchev–Trinajstić information content (AvgIpc) is 2.42. The molecule has 1 N–H and O–H groups in total. The van der Waals surface area contributed by atoms with E-state index in [0.717, 1.165) is 43.9 Å². The molecule has 0 aromatic carbocycles. The summed E-state index contributed by atoms with van der Waals surface area (Å²) in [4.78, 5) is 3.83. The van der Waals surface area contributed by atoms with E-state index < -0.39 is 11.7 Å². The summed E-state index contributed by atoms with van der Waals surface area (Å²) in [7, 11) is 0. The van der Waals surface area contributed by atoms with Crippen molar-refractivity contribution in [2.45, 2.75) is 57.7 Å². The van der Waals surface area contributed by atoms with Crippen molar-refractivity contribution in [3.63, 3.8) is 0 Å². The Kier molecular flexibility index (Phi) is 5.36. The molecule has 118 valence electrons. The van der Waals surface area contributed by atoms with Gasteiger partial charge >= 0.3 is 6.18 Å². The van der Waals surface area contributed by atoms with Gasteiger partial charge in [0.1, 0.15) is 5.82 Å². The maximum atomic E-state index is 12.6. The fourth-order valence-electron chi connectivity index (χ4n) is 2.90. The molecule has 0 radical (unpaired) electrons. The van der Waals surface area contributed by atoms with Crippen LogP contribution in [0.1, 0.15) is 51.0 Å². The highest BCUT2D eigenvalue weighted by molar-refractivity contribution is 6.33. The van der Waals surface area contributed by atoms with E-state index in [1.54, 1.807) is 0 Å². The van der Waals surface area contributed by atoms with Gasteiger partial charge in [-0.2, -0.15) is 13.2 Å². The van der Waals surface area contributed by atoms with Crippen LogP contribution < -0.4 is 5.32 Å². The molecule has 0 aliphatic heterocycles. The highest BCUT2D eigenvalue weighted by Gasteiger charge is 2.32. The molecular weight excluding hydrogens is 301 g/mol. The van der Waals surface area contributed by atoms with E-state index in [0.29, 0.717) is 5.82 Å². The minimum absolute atomic E-state index is 0.0282. The Morgan fingerprint density at radius 3 is 2.48 bits per heavy atom. The van der Waals surface area contributed by atoms with Gasteiger partial charge in [0.15, 0.2) is 0 Å². The second-order valence-corrected chi connectivity index (χ2v) is 6.11. The molecule has 6 heteroatoms. The zero-order chi connectivity index (χ0) is 15.5. The van der Waals surface area contributed by atoms with Gasteiger partial charge in [-0.3, -0.25) is 0 Å². The van der Waals surface area contributed by atoms with Crippen molar-refractivity contribution in [1.29, 1.82) is 0 Å². The molecule has 0 unspecified atom stereocenters. The number of nitrogens with one attached hydrogen (secondary N) is 1. The highest BCUT2D eigenvalue weighted by atomic mass is 35.5. The van der Waals surface area contributed by atoms with Crippen molar-refractivity contribution in [2.24, 2.45) is 5.92 Å². The molecule has 0 saturated heterocycles. The van der Waals surface area contributed by atoms with Gasteiger partial charge in [-0.1, -0.05) is 31.4 Å². The summed E-state index contributed by atoms with van der Waals surface area (Å²) in [6.45, 7) is 2.19. The molecule has 1 saturated carbocycles. The summed E-state index contributed by atoms with van der Waals surface area (Å²) in [6.07, 6.45) is 3.23. The quantitative estimate of drug-likeness (QED) is 0.789. The van der Waals surface area contributed by atoms with Gasteiger partial charge in [0.05, 0.1) is 10.6 Å². The highest BCUT2D eigenvalue weighted by Crippen LogP contribution is 2.34. The first-order valence-electron chi connectivity index (χ1n) is 7.39. The minimum atomic E-state index is -4.41. The number of anilines is 1. The molecule has 1 aliphatic carbocycles. The number of hydrogen-bond donors (Lipinski definition) is 1. The molecule has 1 fully saturated rings. The van der Waals surface area contributed by atoms with Crippen LogP contribution in [-0.2, 0) is 6.18 Å². The second-order valence-electron chi connectivity index (χ2n) is 5.70. The zero-order valence-electron chi connectivity index (χ0n) is 12.0. The average molecular weight is 321 g/mol. The largest absolute Gasteiger partial charge is 0.417 e. The number of aromatic nitrogens is 1. The van der Waals surface area contributed by atoms with E-state index in [2.05, 4.69) is 17.2 Å². The van der Waals surface area contributed by atoms with Gasteiger partial charge in [0, 0.05) is 12.2 Å². The molecular formula is C15H20ClF3N2. The topological polar surface area (TPSA) is 24.9 Å². The molecule has 1 aromatic heterocycles. The molecule has 1 heterocycles. The standard InChI is InChI=1S/C15H20ClF3N2/c1-2-3-10-4-6-12(7-5-10)21-14-13(16)8-11(9-20-14)15(17,18)19/h8-10,12H,2-7H2,1H3,(H,20,21). The van der Waals surface area contributed by atoms with Gasteiger partial charge in [-0.05, 0) is 37.7 Å². The SMILES string of the molecule is CCCC1CCC(Nc2ncc(C(F)(F)F)cc2Cl)CC1. The van der Waals surface area contributed by atoms with Crippen LogP contribution in [0.25, 0.3) is 0 Å². The molecule has 0 bridgehead atoms. The van der Waals surface area contributed by atoms with Crippen LogP contribution in [-0.4, -0.2) is 11.0 Å². The van der Waals surface area contributed by atoms with Crippen molar-refractivity contribution in [3.05, 3.63) is 22.8 Å². The molecule has 1 aromatic rings. The van der Waals surface area contributed by atoms with E-state index in [1.165, 1.54) is 12.8 Å². The number of alkyl halides is 3. The second kappa shape index (κ2) is 6.86. The number of halogens is 4. The van der Waals surface area contributed by atoms with Crippen molar-refractivity contribution in [1.82, 2.24) is 4.98 Å². The van der Waals surface area contributed by atoms with E-state index in [4.69, 9.17) is 11.6 Å². The molecule has 21 heavy (non-hydrogen) atoms. The normalized spacial score (nSPS) is 23.1. The van der Waals surface area contributed by atoms with Crippen molar-refractivity contribution >= 4 is 17.4 Å². The first-order chi connectivity index (χ1) is 9.90. The zero-order valence-corrected chi connectivity index (χ0v) is 12.8. The first kappa shape index (κ1) is 16.4. The lowest BCUT2D eigenvalue weighted by Gasteiger charge is -2.29. The predicted octanol–water partition coefficient (Wildman–Crippen LogP) is 5.52. The number of rotatable bonds is 4. The van der Waals surface area contributed by atoms with Gasteiger partial charge in [0.25, 0.3) is 0 Å². The Morgan fingerprint density at radius 2 is 1.95 bits per heavy atom. The van der Waals surface area contributed by atoms with Crippen molar-refractivity contribution < 1.29 is 13.2 Å². The Bertz CT molecular complexity index is 468. The van der Waals surface area contributed by atoms with E-state index in [-0.39, 0.29) is 11.1 Å². The third-order valence-corrected chi connectivity index (χ3v) is 4.34. The summed E-state index contributed by atoms with van der Waals surface area (Å²) in [5.41, 5.74) is -0.815. The number of hydrogen-bond acceptors (Lipinski definition) is 2. The molecule has 1 aliphatic rings. The predicted molar refractivity (Wildman–Crippen MR) is 78.5 cm³/mol.